The van der Waals surface area contributed by atoms with Crippen LogP contribution >= 0.6 is 0 Å². The Balaban J connectivity index is 2.45. The molecule has 0 spiro atoms. The lowest BCUT2D eigenvalue weighted by Gasteiger charge is -2.27. The molecule has 0 saturated heterocycles. The summed E-state index contributed by atoms with van der Waals surface area (Å²) >= 11 is 0. The molecule has 0 bridgehead atoms. The Hall–Kier alpha value is -3.68. The second-order valence-corrected chi connectivity index (χ2v) is 7.18. The first-order chi connectivity index (χ1) is 15.7. The molecule has 0 aliphatic rings. The maximum atomic E-state index is 11.9. The summed E-state index contributed by atoms with van der Waals surface area (Å²) in [7, 11) is 4.52. The van der Waals surface area contributed by atoms with Gasteiger partial charge in [-0.05, 0) is 43.2 Å². The van der Waals surface area contributed by atoms with Gasteiger partial charge < -0.3 is 28.4 Å². The van der Waals surface area contributed by atoms with Crippen molar-refractivity contribution in [2.24, 2.45) is 0 Å². The van der Waals surface area contributed by atoms with Gasteiger partial charge in [-0.3, -0.25) is 9.59 Å². The number of allylic oxidation sites excluding steroid dienone is 1. The highest BCUT2D eigenvalue weighted by molar-refractivity contribution is 5.70. The van der Waals surface area contributed by atoms with Crippen molar-refractivity contribution in [2.45, 2.75) is 39.4 Å². The molecule has 0 aliphatic heterocycles. The molecule has 2 unspecified atom stereocenters. The van der Waals surface area contributed by atoms with Gasteiger partial charge in [0.05, 0.1) is 21.3 Å². The van der Waals surface area contributed by atoms with Gasteiger partial charge >= 0.3 is 11.9 Å². The Morgan fingerprint density at radius 1 is 0.909 bits per heavy atom. The third-order valence-electron chi connectivity index (χ3n) is 4.69. The molecular formula is C25H30O8. The van der Waals surface area contributed by atoms with Crippen LogP contribution in [0.2, 0.25) is 0 Å². The summed E-state index contributed by atoms with van der Waals surface area (Å²) in [4.78, 5) is 23.2. The standard InChI is InChI=1S/C25H30O8/c1-8-9-18-12-22(29-6)25(23(13-18)30-7)31-15(2)24(33-17(4)27)19-10-11-20(32-16(3)26)21(14-19)28-5/h8,10-15,24H,1,9H2,2-7H3. The number of hydrogen-bond acceptors (Lipinski definition) is 8. The zero-order chi connectivity index (χ0) is 24.5. The van der Waals surface area contributed by atoms with Gasteiger partial charge in [-0.25, -0.2) is 0 Å². The molecule has 8 nitrogen and oxygen atoms in total. The lowest BCUT2D eigenvalue weighted by atomic mass is 10.0. The summed E-state index contributed by atoms with van der Waals surface area (Å²) in [6.45, 7) is 8.13. The molecule has 178 valence electrons. The zero-order valence-corrected chi connectivity index (χ0v) is 19.8. The number of carbonyl (C=O) groups is 2. The van der Waals surface area contributed by atoms with Crippen molar-refractivity contribution in [2.75, 3.05) is 21.3 Å². The minimum atomic E-state index is -0.801. The number of esters is 2. The summed E-state index contributed by atoms with van der Waals surface area (Å²) in [6.07, 6.45) is 0.963. The molecule has 0 radical (unpaired) electrons. The van der Waals surface area contributed by atoms with Crippen LogP contribution in [0.25, 0.3) is 0 Å². The highest BCUT2D eigenvalue weighted by Crippen LogP contribution is 2.41. The summed E-state index contributed by atoms with van der Waals surface area (Å²) < 4.78 is 33.3. The zero-order valence-electron chi connectivity index (χ0n) is 19.8. The Kier molecular flexibility index (Phi) is 9.15. The summed E-state index contributed by atoms with van der Waals surface area (Å²) in [5.74, 6) is 0.930. The van der Waals surface area contributed by atoms with Gasteiger partial charge in [0.2, 0.25) is 5.75 Å². The molecule has 0 N–H and O–H groups in total. The van der Waals surface area contributed by atoms with Crippen LogP contribution in [0, 0.1) is 0 Å². The van der Waals surface area contributed by atoms with Crippen molar-refractivity contribution in [3.05, 3.63) is 54.1 Å². The number of rotatable bonds is 11. The van der Waals surface area contributed by atoms with Gasteiger partial charge in [0.15, 0.2) is 29.1 Å². The fourth-order valence-corrected chi connectivity index (χ4v) is 3.30. The number of carbonyl (C=O) groups excluding carboxylic acids is 2. The van der Waals surface area contributed by atoms with Crippen LogP contribution < -0.4 is 23.7 Å². The Morgan fingerprint density at radius 3 is 2.00 bits per heavy atom. The van der Waals surface area contributed by atoms with Crippen LogP contribution in [-0.4, -0.2) is 39.4 Å². The first-order valence-electron chi connectivity index (χ1n) is 10.3. The molecule has 33 heavy (non-hydrogen) atoms. The van der Waals surface area contributed by atoms with E-state index in [1.165, 1.54) is 35.2 Å². The average molecular weight is 459 g/mol. The minimum absolute atomic E-state index is 0.255. The summed E-state index contributed by atoms with van der Waals surface area (Å²) in [5.41, 5.74) is 1.53. The first kappa shape index (κ1) is 25.6. The molecule has 2 atom stereocenters. The van der Waals surface area contributed by atoms with E-state index in [2.05, 4.69) is 6.58 Å². The van der Waals surface area contributed by atoms with Crippen LogP contribution in [0.5, 0.6) is 28.7 Å². The normalized spacial score (nSPS) is 12.2. The summed E-state index contributed by atoms with van der Waals surface area (Å²) in [5, 5.41) is 0. The van der Waals surface area contributed by atoms with Crippen molar-refractivity contribution in [1.29, 1.82) is 0 Å². The van der Waals surface area contributed by atoms with Crippen LogP contribution in [0.15, 0.2) is 43.0 Å². The number of hydrogen-bond donors (Lipinski definition) is 0. The Morgan fingerprint density at radius 2 is 1.52 bits per heavy atom. The molecule has 0 amide bonds. The van der Waals surface area contributed by atoms with Crippen molar-refractivity contribution in [1.82, 2.24) is 0 Å². The molecule has 8 heteroatoms. The van der Waals surface area contributed by atoms with E-state index < -0.39 is 24.1 Å². The second kappa shape index (κ2) is 11.8. The van der Waals surface area contributed by atoms with Gasteiger partial charge in [0.25, 0.3) is 0 Å². The lowest BCUT2D eigenvalue weighted by molar-refractivity contribution is -0.151. The smallest absolute Gasteiger partial charge is 0.308 e. The highest BCUT2D eigenvalue weighted by atomic mass is 16.6. The largest absolute Gasteiger partial charge is 0.493 e. The second-order valence-electron chi connectivity index (χ2n) is 7.18. The number of benzene rings is 2. The van der Waals surface area contributed by atoms with Gasteiger partial charge in [0, 0.05) is 19.4 Å². The van der Waals surface area contributed by atoms with Gasteiger partial charge in [0.1, 0.15) is 6.10 Å². The van der Waals surface area contributed by atoms with E-state index in [9.17, 15) is 9.59 Å². The van der Waals surface area contributed by atoms with Gasteiger partial charge in [-0.1, -0.05) is 12.1 Å². The van der Waals surface area contributed by atoms with Crippen molar-refractivity contribution in [3.8, 4) is 28.7 Å². The van der Waals surface area contributed by atoms with E-state index in [0.29, 0.717) is 35.0 Å². The quantitative estimate of drug-likeness (QED) is 0.277. The molecule has 0 fully saturated rings. The Labute approximate surface area is 194 Å². The molecule has 2 aromatic carbocycles. The molecule has 0 aromatic heterocycles. The predicted octanol–water partition coefficient (Wildman–Crippen LogP) is 4.44. The monoisotopic (exact) mass is 458 g/mol. The number of methoxy groups -OCH3 is 3. The average Bonchev–Trinajstić information content (AvgIpc) is 2.78. The third kappa shape index (κ3) is 6.65. The van der Waals surface area contributed by atoms with E-state index in [-0.39, 0.29) is 5.75 Å². The number of ether oxygens (including phenoxy) is 6. The molecule has 0 heterocycles. The topological polar surface area (TPSA) is 89.5 Å². The van der Waals surface area contributed by atoms with Crippen LogP contribution in [0.4, 0.5) is 0 Å². The summed E-state index contributed by atoms with van der Waals surface area (Å²) in [6, 6.07) is 8.56. The lowest BCUT2D eigenvalue weighted by Crippen LogP contribution is -2.26. The fourth-order valence-electron chi connectivity index (χ4n) is 3.30. The van der Waals surface area contributed by atoms with Gasteiger partial charge in [-0.15, -0.1) is 6.58 Å². The maximum absolute atomic E-state index is 11.9. The molecule has 0 saturated carbocycles. The fraction of sp³-hybridized carbons (Fsp3) is 0.360. The highest BCUT2D eigenvalue weighted by Gasteiger charge is 2.28. The van der Waals surface area contributed by atoms with Crippen molar-refractivity contribution in [3.63, 3.8) is 0 Å². The van der Waals surface area contributed by atoms with E-state index in [1.54, 1.807) is 31.2 Å². The van der Waals surface area contributed by atoms with Crippen molar-refractivity contribution >= 4 is 11.9 Å². The Bertz CT molecular complexity index is 973. The van der Waals surface area contributed by atoms with E-state index >= 15 is 0 Å². The maximum Gasteiger partial charge on any atom is 0.308 e. The predicted molar refractivity (Wildman–Crippen MR) is 122 cm³/mol. The third-order valence-corrected chi connectivity index (χ3v) is 4.69. The van der Waals surface area contributed by atoms with E-state index in [0.717, 1.165) is 5.56 Å². The minimum Gasteiger partial charge on any atom is -0.493 e. The molecule has 0 aliphatic carbocycles. The molecule has 2 rings (SSSR count). The van der Waals surface area contributed by atoms with Crippen LogP contribution in [0.1, 0.15) is 38.0 Å². The molecular weight excluding hydrogens is 428 g/mol. The van der Waals surface area contributed by atoms with Crippen molar-refractivity contribution < 1.29 is 38.0 Å². The first-order valence-corrected chi connectivity index (χ1v) is 10.3. The van der Waals surface area contributed by atoms with Gasteiger partial charge in [-0.2, -0.15) is 0 Å². The van der Waals surface area contributed by atoms with Crippen LogP contribution in [0.3, 0.4) is 0 Å². The molecule has 2 aromatic rings. The van der Waals surface area contributed by atoms with Crippen LogP contribution in [-0.2, 0) is 20.7 Å². The van der Waals surface area contributed by atoms with E-state index in [1.807, 2.05) is 12.1 Å². The SMILES string of the molecule is C=CCc1cc(OC)c(OC(C)C(OC(C)=O)c2ccc(OC(C)=O)c(OC)c2)c(OC)c1. The van der Waals surface area contributed by atoms with E-state index in [4.69, 9.17) is 28.4 Å².